The zero-order chi connectivity index (χ0) is 20.3. The Hall–Kier alpha value is -2.09. The lowest BCUT2D eigenvalue weighted by molar-refractivity contribution is -0.118. The van der Waals surface area contributed by atoms with Gasteiger partial charge in [-0.15, -0.1) is 17.9 Å². The van der Waals surface area contributed by atoms with Gasteiger partial charge in [-0.05, 0) is 37.1 Å². The molecule has 0 aliphatic rings. The molecule has 1 amide bonds. The van der Waals surface area contributed by atoms with Crippen LogP contribution in [0.25, 0.3) is 10.2 Å². The number of halogens is 1. The number of thioether (sulfide) groups is 1. The molecule has 0 aliphatic heterocycles. The number of nitrogens with one attached hydrogen (secondary N) is 1. The summed E-state index contributed by atoms with van der Waals surface area (Å²) in [6.45, 7) is 8.42. The van der Waals surface area contributed by atoms with Crippen molar-refractivity contribution < 1.29 is 4.79 Å². The predicted octanol–water partition coefficient (Wildman–Crippen LogP) is 4.32. The minimum absolute atomic E-state index is 0.0872. The Morgan fingerprint density at radius 2 is 2.07 bits per heavy atom. The van der Waals surface area contributed by atoms with Crippen molar-refractivity contribution in [2.24, 2.45) is 0 Å². The molecule has 1 N–H and O–H groups in total. The second-order valence-corrected chi connectivity index (χ2v) is 8.84. The molecule has 0 bridgehead atoms. The molecular weight excluding hydrogens is 414 g/mol. The highest BCUT2D eigenvalue weighted by Gasteiger charge is 2.17. The van der Waals surface area contributed by atoms with Crippen LogP contribution in [-0.4, -0.2) is 21.2 Å². The van der Waals surface area contributed by atoms with Gasteiger partial charge in [-0.3, -0.25) is 14.2 Å². The maximum Gasteiger partial charge on any atom is 0.263 e. The molecule has 0 fully saturated rings. The SMILES string of the molecule is C=CCn1c(SCC(=O)NCc2ccc(Cl)cc2)nc2sc(C)c(C)c2c1=O. The summed E-state index contributed by atoms with van der Waals surface area (Å²) in [7, 11) is 0. The number of hydrogen-bond acceptors (Lipinski definition) is 5. The summed E-state index contributed by atoms with van der Waals surface area (Å²) >= 11 is 8.62. The number of aryl methyl sites for hydroxylation is 2. The highest BCUT2D eigenvalue weighted by atomic mass is 35.5. The summed E-state index contributed by atoms with van der Waals surface area (Å²) in [6, 6.07) is 7.31. The molecule has 0 radical (unpaired) electrons. The first-order valence-corrected chi connectivity index (χ1v) is 10.8. The first-order valence-electron chi connectivity index (χ1n) is 8.66. The molecule has 1 aromatic carbocycles. The van der Waals surface area contributed by atoms with Gasteiger partial charge in [-0.1, -0.05) is 41.6 Å². The first-order chi connectivity index (χ1) is 13.4. The molecular formula is C20H20ClN3O2S2. The lowest BCUT2D eigenvalue weighted by Gasteiger charge is -2.10. The van der Waals surface area contributed by atoms with Gasteiger partial charge < -0.3 is 5.32 Å². The third-order valence-electron chi connectivity index (χ3n) is 4.30. The number of thiophene rings is 1. The average molecular weight is 434 g/mol. The quantitative estimate of drug-likeness (QED) is 0.342. The van der Waals surface area contributed by atoms with Gasteiger partial charge in [-0.25, -0.2) is 4.98 Å². The van der Waals surface area contributed by atoms with Gasteiger partial charge in [0.15, 0.2) is 5.16 Å². The van der Waals surface area contributed by atoms with Gasteiger partial charge >= 0.3 is 0 Å². The normalized spacial score (nSPS) is 11.0. The van der Waals surface area contributed by atoms with Crippen LogP contribution >= 0.6 is 34.7 Å². The summed E-state index contributed by atoms with van der Waals surface area (Å²) in [5.74, 6) is 0.0458. The number of rotatable bonds is 7. The lowest BCUT2D eigenvalue weighted by Crippen LogP contribution is -2.26. The molecule has 2 aromatic heterocycles. The molecule has 0 saturated heterocycles. The minimum atomic E-state index is -0.127. The van der Waals surface area contributed by atoms with Gasteiger partial charge in [0, 0.05) is 23.0 Å². The molecule has 5 nitrogen and oxygen atoms in total. The van der Waals surface area contributed by atoms with Crippen molar-refractivity contribution in [1.82, 2.24) is 14.9 Å². The van der Waals surface area contributed by atoms with Crippen LogP contribution in [0, 0.1) is 13.8 Å². The Bertz CT molecular complexity index is 1090. The molecule has 146 valence electrons. The maximum atomic E-state index is 12.9. The van der Waals surface area contributed by atoms with E-state index in [4.69, 9.17) is 11.6 Å². The van der Waals surface area contributed by atoms with Gasteiger partial charge in [-0.2, -0.15) is 0 Å². The molecule has 8 heteroatoms. The zero-order valence-corrected chi connectivity index (χ0v) is 18.0. The minimum Gasteiger partial charge on any atom is -0.351 e. The second kappa shape index (κ2) is 8.94. The van der Waals surface area contributed by atoms with E-state index in [0.717, 1.165) is 16.0 Å². The first kappa shape index (κ1) is 20.6. The van der Waals surface area contributed by atoms with E-state index in [-0.39, 0.29) is 17.2 Å². The van der Waals surface area contributed by atoms with E-state index in [2.05, 4.69) is 16.9 Å². The topological polar surface area (TPSA) is 64.0 Å². The summed E-state index contributed by atoms with van der Waals surface area (Å²) in [4.78, 5) is 31.6. The highest BCUT2D eigenvalue weighted by Crippen LogP contribution is 2.28. The van der Waals surface area contributed by atoms with Crippen LogP contribution in [0.3, 0.4) is 0 Å². The number of benzene rings is 1. The van der Waals surface area contributed by atoms with Crippen molar-refractivity contribution in [3.05, 3.63) is 68.3 Å². The molecule has 28 heavy (non-hydrogen) atoms. The number of carbonyl (C=O) groups excluding carboxylic acids is 1. The Morgan fingerprint density at radius 3 is 2.75 bits per heavy atom. The van der Waals surface area contributed by atoms with Crippen molar-refractivity contribution in [3.63, 3.8) is 0 Å². The molecule has 3 rings (SSSR count). The zero-order valence-electron chi connectivity index (χ0n) is 15.6. The average Bonchev–Trinajstić information content (AvgIpc) is 2.96. The van der Waals surface area contributed by atoms with E-state index >= 15 is 0 Å². The van der Waals surface area contributed by atoms with Crippen LogP contribution in [0.15, 0.2) is 46.9 Å². The second-order valence-electron chi connectivity index (χ2n) is 6.25. The van der Waals surface area contributed by atoms with Crippen LogP contribution < -0.4 is 10.9 Å². The largest absolute Gasteiger partial charge is 0.351 e. The van der Waals surface area contributed by atoms with Gasteiger partial charge in [0.05, 0.1) is 11.1 Å². The maximum absolute atomic E-state index is 12.9. The highest BCUT2D eigenvalue weighted by molar-refractivity contribution is 7.99. The number of aromatic nitrogens is 2. The van der Waals surface area contributed by atoms with Crippen LogP contribution in [-0.2, 0) is 17.9 Å². The van der Waals surface area contributed by atoms with Gasteiger partial charge in [0.1, 0.15) is 4.83 Å². The summed E-state index contributed by atoms with van der Waals surface area (Å²) in [6.07, 6.45) is 1.66. The molecule has 0 spiro atoms. The van der Waals surface area contributed by atoms with Crippen LogP contribution in [0.1, 0.15) is 16.0 Å². The fourth-order valence-corrected chi connectivity index (χ4v) is 4.73. The molecule has 2 heterocycles. The fraction of sp³-hybridized carbons (Fsp3) is 0.250. The Morgan fingerprint density at radius 1 is 1.36 bits per heavy atom. The molecule has 3 aromatic rings. The van der Waals surface area contributed by atoms with Gasteiger partial charge in [0.25, 0.3) is 5.56 Å². The van der Waals surface area contributed by atoms with Gasteiger partial charge in [0.2, 0.25) is 5.91 Å². The van der Waals surface area contributed by atoms with Crippen LogP contribution in [0.4, 0.5) is 0 Å². The fourth-order valence-electron chi connectivity index (χ4n) is 2.69. The van der Waals surface area contributed by atoms with Crippen molar-refractivity contribution in [2.45, 2.75) is 32.1 Å². The monoisotopic (exact) mass is 433 g/mol. The van der Waals surface area contributed by atoms with Crippen LogP contribution in [0.5, 0.6) is 0 Å². The summed E-state index contributed by atoms with van der Waals surface area (Å²) in [5.41, 5.74) is 1.85. The Labute approximate surface area is 176 Å². The summed E-state index contributed by atoms with van der Waals surface area (Å²) < 4.78 is 1.58. The van der Waals surface area contributed by atoms with Crippen LogP contribution in [0.2, 0.25) is 5.02 Å². The Balaban J connectivity index is 1.74. The predicted molar refractivity (Wildman–Crippen MR) is 118 cm³/mol. The number of fused-ring (bicyclic) bond motifs is 1. The van der Waals surface area contributed by atoms with Crippen molar-refractivity contribution in [2.75, 3.05) is 5.75 Å². The number of nitrogens with zero attached hydrogens (tertiary/aromatic N) is 2. The third-order valence-corrected chi connectivity index (χ3v) is 6.63. The number of hydrogen-bond donors (Lipinski definition) is 1. The van der Waals surface area contributed by atoms with E-state index in [1.165, 1.54) is 23.1 Å². The number of amides is 1. The molecule has 0 saturated carbocycles. The van der Waals surface area contributed by atoms with E-state index in [9.17, 15) is 9.59 Å². The van der Waals surface area contributed by atoms with E-state index in [1.54, 1.807) is 22.8 Å². The number of allylic oxidation sites excluding steroid dienone is 1. The lowest BCUT2D eigenvalue weighted by atomic mass is 10.2. The molecule has 0 unspecified atom stereocenters. The van der Waals surface area contributed by atoms with E-state index < -0.39 is 0 Å². The molecule has 0 aliphatic carbocycles. The standard InChI is InChI=1S/C20H20ClN3O2S2/c1-4-9-24-19(26)17-12(2)13(3)28-18(17)23-20(24)27-11-16(25)22-10-14-5-7-15(21)8-6-14/h4-8H,1,9-11H2,2-3H3,(H,22,25). The smallest absolute Gasteiger partial charge is 0.263 e. The van der Waals surface area contributed by atoms with E-state index in [0.29, 0.717) is 33.5 Å². The van der Waals surface area contributed by atoms with E-state index in [1.807, 2.05) is 26.0 Å². The summed E-state index contributed by atoms with van der Waals surface area (Å²) in [5, 5.41) is 4.71. The molecule has 0 atom stereocenters. The van der Waals surface area contributed by atoms with Crippen molar-refractivity contribution >= 4 is 50.8 Å². The Kier molecular flexibility index (Phi) is 6.59. The van der Waals surface area contributed by atoms with Crippen molar-refractivity contribution in [1.29, 1.82) is 0 Å². The third kappa shape index (κ3) is 4.48. The number of carbonyl (C=O) groups is 1. The van der Waals surface area contributed by atoms with Crippen molar-refractivity contribution in [3.8, 4) is 0 Å².